The van der Waals surface area contributed by atoms with E-state index in [0.29, 0.717) is 0 Å². The molecule has 0 spiro atoms. The van der Waals surface area contributed by atoms with Gasteiger partial charge in [0.05, 0.1) is 0 Å². The van der Waals surface area contributed by atoms with Gasteiger partial charge in [0.15, 0.2) is 0 Å². The third-order valence-electron chi connectivity index (χ3n) is 3.47. The fourth-order valence-corrected chi connectivity index (χ4v) is 2.18. The van der Waals surface area contributed by atoms with Gasteiger partial charge in [-0.2, -0.15) is 0 Å². The molecule has 0 fully saturated rings. The van der Waals surface area contributed by atoms with E-state index in [2.05, 4.69) is 71.1 Å². The molecule has 1 N–H and O–H groups in total. The van der Waals surface area contributed by atoms with Crippen molar-refractivity contribution in [3.8, 4) is 0 Å². The lowest BCUT2D eigenvalue weighted by atomic mass is 9.86. The zero-order chi connectivity index (χ0) is 13.8. The third kappa shape index (κ3) is 4.81. The highest BCUT2D eigenvalue weighted by Gasteiger charge is 2.16. The summed E-state index contributed by atoms with van der Waals surface area (Å²) in [6.07, 6.45) is 2.44. The van der Waals surface area contributed by atoms with Gasteiger partial charge in [-0.15, -0.1) is 0 Å². The molecular weight excluding hydrogens is 218 g/mol. The third-order valence-corrected chi connectivity index (χ3v) is 3.47. The Morgan fingerprint density at radius 1 is 0.944 bits per heavy atom. The van der Waals surface area contributed by atoms with Crippen LogP contribution in [0.15, 0.2) is 24.3 Å². The van der Waals surface area contributed by atoms with Gasteiger partial charge in [0.2, 0.25) is 0 Å². The molecule has 0 bridgehead atoms. The monoisotopic (exact) mass is 247 g/mol. The van der Waals surface area contributed by atoms with Gasteiger partial charge < -0.3 is 5.32 Å². The van der Waals surface area contributed by atoms with E-state index >= 15 is 0 Å². The van der Waals surface area contributed by atoms with Gasteiger partial charge in [-0.1, -0.05) is 58.4 Å². The van der Waals surface area contributed by atoms with Crippen LogP contribution in [0.4, 0.5) is 0 Å². The standard InChI is InChI=1S/C17H29N/c1-7-12-17(5,6)18-13-14-8-10-15(11-9-14)16(2,3)4/h8-11,18H,7,12-13H2,1-6H3. The second kappa shape index (κ2) is 5.88. The molecule has 0 aliphatic carbocycles. The van der Waals surface area contributed by atoms with Gasteiger partial charge >= 0.3 is 0 Å². The van der Waals surface area contributed by atoms with Gasteiger partial charge in [-0.05, 0) is 36.8 Å². The molecule has 1 aromatic rings. The predicted molar refractivity (Wildman–Crippen MR) is 81.0 cm³/mol. The summed E-state index contributed by atoms with van der Waals surface area (Å²) in [7, 11) is 0. The summed E-state index contributed by atoms with van der Waals surface area (Å²) < 4.78 is 0. The highest BCUT2D eigenvalue weighted by molar-refractivity contribution is 5.27. The molecule has 18 heavy (non-hydrogen) atoms. The maximum atomic E-state index is 3.63. The van der Waals surface area contributed by atoms with Crippen LogP contribution in [0.2, 0.25) is 0 Å². The second-order valence-electron chi connectivity index (χ2n) is 6.93. The average molecular weight is 247 g/mol. The molecular formula is C17H29N. The first-order chi connectivity index (χ1) is 8.24. The van der Waals surface area contributed by atoms with Crippen molar-refractivity contribution in [1.82, 2.24) is 5.32 Å². The predicted octanol–water partition coefficient (Wildman–Crippen LogP) is 4.65. The normalized spacial score (nSPS) is 12.8. The molecule has 0 radical (unpaired) electrons. The number of hydrogen-bond acceptors (Lipinski definition) is 1. The van der Waals surface area contributed by atoms with Gasteiger partial charge in [0.25, 0.3) is 0 Å². The molecule has 0 heterocycles. The summed E-state index contributed by atoms with van der Waals surface area (Å²) in [4.78, 5) is 0. The van der Waals surface area contributed by atoms with E-state index < -0.39 is 0 Å². The van der Waals surface area contributed by atoms with Crippen molar-refractivity contribution in [3.05, 3.63) is 35.4 Å². The molecule has 0 atom stereocenters. The first-order valence-corrected chi connectivity index (χ1v) is 7.09. The van der Waals surface area contributed by atoms with Crippen molar-refractivity contribution in [2.24, 2.45) is 0 Å². The largest absolute Gasteiger partial charge is 0.308 e. The number of nitrogens with one attached hydrogen (secondary N) is 1. The molecule has 1 heteroatoms. The van der Waals surface area contributed by atoms with E-state index in [-0.39, 0.29) is 11.0 Å². The van der Waals surface area contributed by atoms with Crippen molar-refractivity contribution >= 4 is 0 Å². The minimum absolute atomic E-state index is 0.234. The lowest BCUT2D eigenvalue weighted by Gasteiger charge is -2.26. The van der Waals surface area contributed by atoms with Crippen LogP contribution in [-0.4, -0.2) is 5.54 Å². The molecule has 102 valence electrons. The van der Waals surface area contributed by atoms with Crippen LogP contribution in [-0.2, 0) is 12.0 Å². The van der Waals surface area contributed by atoms with E-state index in [1.807, 2.05) is 0 Å². The number of rotatable bonds is 5. The lowest BCUT2D eigenvalue weighted by Crippen LogP contribution is -2.38. The molecule has 1 rings (SSSR count). The molecule has 0 unspecified atom stereocenters. The van der Waals surface area contributed by atoms with Crippen LogP contribution < -0.4 is 5.32 Å². The van der Waals surface area contributed by atoms with Crippen LogP contribution in [0.25, 0.3) is 0 Å². The first-order valence-electron chi connectivity index (χ1n) is 7.09. The summed E-state index contributed by atoms with van der Waals surface area (Å²) in [6, 6.07) is 9.00. The zero-order valence-electron chi connectivity index (χ0n) is 12.9. The topological polar surface area (TPSA) is 12.0 Å². The Bertz CT molecular complexity index is 354. The molecule has 0 aliphatic rings. The minimum Gasteiger partial charge on any atom is -0.308 e. The Kier molecular flexibility index (Phi) is 4.98. The summed E-state index contributed by atoms with van der Waals surface area (Å²) in [5, 5.41) is 3.63. The van der Waals surface area contributed by atoms with E-state index in [1.165, 1.54) is 24.0 Å². The second-order valence-corrected chi connectivity index (χ2v) is 6.93. The fraction of sp³-hybridized carbons (Fsp3) is 0.647. The Hall–Kier alpha value is -0.820. The molecule has 0 aromatic heterocycles. The summed E-state index contributed by atoms with van der Waals surface area (Å²) >= 11 is 0. The quantitative estimate of drug-likeness (QED) is 0.798. The van der Waals surface area contributed by atoms with Gasteiger partial charge in [-0.3, -0.25) is 0 Å². The van der Waals surface area contributed by atoms with E-state index in [4.69, 9.17) is 0 Å². The van der Waals surface area contributed by atoms with E-state index in [0.717, 1.165) is 6.54 Å². The van der Waals surface area contributed by atoms with Crippen LogP contribution >= 0.6 is 0 Å². The van der Waals surface area contributed by atoms with Gasteiger partial charge in [-0.25, -0.2) is 0 Å². The maximum absolute atomic E-state index is 3.63. The summed E-state index contributed by atoms with van der Waals surface area (Å²) in [5.41, 5.74) is 3.25. The maximum Gasteiger partial charge on any atom is 0.0210 e. The van der Waals surface area contributed by atoms with Crippen LogP contribution in [0.1, 0.15) is 65.5 Å². The Labute approximate surface area is 113 Å². The molecule has 0 saturated heterocycles. The van der Waals surface area contributed by atoms with Crippen molar-refractivity contribution in [2.75, 3.05) is 0 Å². The fourth-order valence-electron chi connectivity index (χ4n) is 2.18. The van der Waals surface area contributed by atoms with Crippen LogP contribution in [0.5, 0.6) is 0 Å². The first kappa shape index (κ1) is 15.2. The smallest absolute Gasteiger partial charge is 0.0210 e. The zero-order valence-corrected chi connectivity index (χ0v) is 12.9. The molecule has 0 amide bonds. The van der Waals surface area contributed by atoms with Crippen LogP contribution in [0, 0.1) is 0 Å². The highest BCUT2D eigenvalue weighted by atomic mass is 14.9. The molecule has 1 nitrogen and oxygen atoms in total. The molecule has 0 saturated carbocycles. The Balaban J connectivity index is 2.60. The molecule has 0 aliphatic heterocycles. The van der Waals surface area contributed by atoms with E-state index in [9.17, 15) is 0 Å². The van der Waals surface area contributed by atoms with Crippen molar-refractivity contribution < 1.29 is 0 Å². The summed E-state index contributed by atoms with van der Waals surface area (Å²) in [5.74, 6) is 0. The van der Waals surface area contributed by atoms with Gasteiger partial charge in [0, 0.05) is 12.1 Å². The average Bonchev–Trinajstić information content (AvgIpc) is 2.26. The van der Waals surface area contributed by atoms with Gasteiger partial charge in [0.1, 0.15) is 0 Å². The van der Waals surface area contributed by atoms with E-state index in [1.54, 1.807) is 0 Å². The molecule has 1 aromatic carbocycles. The van der Waals surface area contributed by atoms with Crippen molar-refractivity contribution in [2.45, 2.75) is 71.9 Å². The Morgan fingerprint density at radius 2 is 1.50 bits per heavy atom. The lowest BCUT2D eigenvalue weighted by molar-refractivity contribution is 0.357. The number of hydrogen-bond donors (Lipinski definition) is 1. The SMILES string of the molecule is CCCC(C)(C)NCc1ccc(C(C)(C)C)cc1. The highest BCUT2D eigenvalue weighted by Crippen LogP contribution is 2.22. The Morgan fingerprint density at radius 3 is 1.94 bits per heavy atom. The minimum atomic E-state index is 0.234. The summed E-state index contributed by atoms with van der Waals surface area (Å²) in [6.45, 7) is 14.5. The number of benzene rings is 1. The van der Waals surface area contributed by atoms with Crippen molar-refractivity contribution in [3.63, 3.8) is 0 Å². The van der Waals surface area contributed by atoms with Crippen LogP contribution in [0.3, 0.4) is 0 Å². The van der Waals surface area contributed by atoms with Crippen molar-refractivity contribution in [1.29, 1.82) is 0 Å².